The number of aryl methyl sites for hydroxylation is 3. The van der Waals surface area contributed by atoms with E-state index < -0.39 is 0 Å². The molecule has 2 aliphatic rings. The quantitative estimate of drug-likeness (QED) is 0.443. The van der Waals surface area contributed by atoms with Crippen LogP contribution in [0.4, 0.5) is 0 Å². The molecule has 6 heteroatoms. The van der Waals surface area contributed by atoms with E-state index in [1.165, 1.54) is 16.0 Å². The molecule has 3 heterocycles. The third-order valence-electron chi connectivity index (χ3n) is 5.68. The van der Waals surface area contributed by atoms with Gasteiger partial charge in [-0.1, -0.05) is 42.1 Å². The number of nitrogens with zero attached hydrogens (tertiary/aromatic N) is 2. The molecule has 3 aromatic rings. The summed E-state index contributed by atoms with van der Waals surface area (Å²) in [7, 11) is 0. The van der Waals surface area contributed by atoms with Gasteiger partial charge in [0.1, 0.15) is 4.83 Å². The average Bonchev–Trinajstić information content (AvgIpc) is 3.44. The van der Waals surface area contributed by atoms with E-state index in [-0.39, 0.29) is 11.7 Å². The monoisotopic (exact) mass is 412 g/mol. The number of benzene rings is 1. The average molecular weight is 413 g/mol. The van der Waals surface area contributed by atoms with Crippen molar-refractivity contribution in [3.63, 3.8) is 0 Å². The number of hydrogen-bond donors (Lipinski definition) is 0. The lowest BCUT2D eigenvalue weighted by atomic mass is 10.1. The molecule has 146 valence electrons. The Labute approximate surface area is 172 Å². The van der Waals surface area contributed by atoms with Crippen molar-refractivity contribution < 1.29 is 4.74 Å². The normalized spacial score (nSPS) is 18.8. The maximum absolute atomic E-state index is 13.5. The summed E-state index contributed by atoms with van der Waals surface area (Å²) in [4.78, 5) is 20.7. The third kappa shape index (κ3) is 3.53. The van der Waals surface area contributed by atoms with Crippen LogP contribution in [0.25, 0.3) is 10.2 Å². The van der Waals surface area contributed by atoms with Crippen LogP contribution in [0.5, 0.6) is 0 Å². The van der Waals surface area contributed by atoms with Gasteiger partial charge in [0.05, 0.1) is 11.5 Å². The maximum atomic E-state index is 13.5. The first kappa shape index (κ1) is 18.4. The Morgan fingerprint density at radius 1 is 1.21 bits per heavy atom. The molecule has 5 rings (SSSR count). The number of thiophene rings is 1. The predicted octanol–water partition coefficient (Wildman–Crippen LogP) is 4.46. The highest BCUT2D eigenvalue weighted by Crippen LogP contribution is 2.36. The number of aromatic nitrogens is 2. The molecule has 1 aliphatic carbocycles. The maximum Gasteiger partial charge on any atom is 0.263 e. The zero-order chi connectivity index (χ0) is 18.9. The summed E-state index contributed by atoms with van der Waals surface area (Å²) in [5, 5.41) is 1.73. The van der Waals surface area contributed by atoms with Crippen molar-refractivity contribution in [3.8, 4) is 0 Å². The van der Waals surface area contributed by atoms with Gasteiger partial charge in [0, 0.05) is 23.8 Å². The second-order valence-electron chi connectivity index (χ2n) is 7.57. The van der Waals surface area contributed by atoms with Crippen LogP contribution < -0.4 is 5.56 Å². The molecule has 0 unspecified atom stereocenters. The van der Waals surface area contributed by atoms with E-state index >= 15 is 0 Å². The lowest BCUT2D eigenvalue weighted by molar-refractivity contribution is 0.129. The molecule has 28 heavy (non-hydrogen) atoms. The molecular weight excluding hydrogens is 388 g/mol. The molecule has 1 saturated heterocycles. The molecule has 0 bridgehead atoms. The fraction of sp³-hybridized carbons (Fsp3) is 0.455. The zero-order valence-electron chi connectivity index (χ0n) is 15.9. The number of fused-ring (bicyclic) bond motifs is 3. The van der Waals surface area contributed by atoms with Crippen LogP contribution in [0.1, 0.15) is 35.3 Å². The van der Waals surface area contributed by atoms with E-state index in [4.69, 9.17) is 9.72 Å². The van der Waals surface area contributed by atoms with Gasteiger partial charge < -0.3 is 4.74 Å². The fourth-order valence-corrected chi connectivity index (χ4v) is 6.59. The Hall–Kier alpha value is -1.63. The van der Waals surface area contributed by atoms with Gasteiger partial charge in [-0.2, -0.15) is 0 Å². The van der Waals surface area contributed by atoms with Crippen molar-refractivity contribution in [1.29, 1.82) is 0 Å². The van der Waals surface area contributed by atoms with Crippen LogP contribution in [0.15, 0.2) is 40.3 Å². The first-order chi connectivity index (χ1) is 13.8. The standard InChI is InChI=1S/C22H24N2O2S2/c25-21-19-17-9-4-10-18(17)28-20(19)23-22(27-14-16-8-5-13-26-16)24(21)12-11-15-6-2-1-3-7-15/h1-3,6-7,16H,4-5,8-14H2/t16-/m0/s1. The Bertz CT molecular complexity index is 1040. The van der Waals surface area contributed by atoms with E-state index in [1.54, 1.807) is 23.1 Å². The fourth-order valence-electron chi connectivity index (χ4n) is 4.19. The van der Waals surface area contributed by atoms with Gasteiger partial charge in [-0.3, -0.25) is 9.36 Å². The minimum absolute atomic E-state index is 0.148. The Balaban J connectivity index is 1.50. The Morgan fingerprint density at radius 3 is 2.93 bits per heavy atom. The van der Waals surface area contributed by atoms with Gasteiger partial charge in [0.2, 0.25) is 0 Å². The molecule has 2 aromatic heterocycles. The highest BCUT2D eigenvalue weighted by Gasteiger charge is 2.24. The Kier molecular flexibility index (Phi) is 5.26. The smallest absolute Gasteiger partial charge is 0.263 e. The molecule has 1 atom stereocenters. The third-order valence-corrected chi connectivity index (χ3v) is 7.97. The van der Waals surface area contributed by atoms with Gasteiger partial charge in [-0.05, 0) is 49.7 Å². The number of ether oxygens (including phenoxy) is 1. The van der Waals surface area contributed by atoms with Crippen LogP contribution in [0.3, 0.4) is 0 Å². The molecule has 1 aliphatic heterocycles. The molecule has 1 aromatic carbocycles. The summed E-state index contributed by atoms with van der Waals surface area (Å²) >= 11 is 3.41. The van der Waals surface area contributed by atoms with Gasteiger partial charge in [-0.25, -0.2) is 4.98 Å². The summed E-state index contributed by atoms with van der Waals surface area (Å²) in [5.74, 6) is 0.869. The van der Waals surface area contributed by atoms with Gasteiger partial charge in [0.15, 0.2) is 5.16 Å². The Morgan fingerprint density at radius 2 is 2.11 bits per heavy atom. The van der Waals surface area contributed by atoms with Gasteiger partial charge >= 0.3 is 0 Å². The summed E-state index contributed by atoms with van der Waals surface area (Å²) in [6.07, 6.45) is 6.65. The number of thioether (sulfide) groups is 1. The van der Waals surface area contributed by atoms with Crippen molar-refractivity contribution in [2.45, 2.75) is 56.3 Å². The summed E-state index contributed by atoms with van der Waals surface area (Å²) in [6.45, 7) is 1.53. The second kappa shape index (κ2) is 8.01. The molecule has 0 amide bonds. The van der Waals surface area contributed by atoms with Crippen molar-refractivity contribution in [1.82, 2.24) is 9.55 Å². The lowest BCUT2D eigenvalue weighted by Gasteiger charge is -2.14. The zero-order valence-corrected chi connectivity index (χ0v) is 17.5. The lowest BCUT2D eigenvalue weighted by Crippen LogP contribution is -2.25. The van der Waals surface area contributed by atoms with Crippen LogP contribution in [-0.2, 0) is 30.5 Å². The van der Waals surface area contributed by atoms with E-state index in [2.05, 4.69) is 24.3 Å². The highest BCUT2D eigenvalue weighted by atomic mass is 32.2. The topological polar surface area (TPSA) is 44.1 Å². The van der Waals surface area contributed by atoms with Crippen LogP contribution in [0.2, 0.25) is 0 Å². The van der Waals surface area contributed by atoms with Crippen molar-refractivity contribution in [2.24, 2.45) is 0 Å². The van der Waals surface area contributed by atoms with Gasteiger partial charge in [-0.15, -0.1) is 11.3 Å². The molecule has 0 spiro atoms. The molecule has 0 N–H and O–H groups in total. The SMILES string of the molecule is O=c1c2c3c(sc2nc(SC[C@@H]2CCCO2)n1CCc1ccccc1)CCC3. The predicted molar refractivity (Wildman–Crippen MR) is 116 cm³/mol. The largest absolute Gasteiger partial charge is 0.377 e. The van der Waals surface area contributed by atoms with Crippen molar-refractivity contribution in [3.05, 3.63) is 56.7 Å². The van der Waals surface area contributed by atoms with E-state index in [1.807, 2.05) is 10.6 Å². The minimum Gasteiger partial charge on any atom is -0.377 e. The second-order valence-corrected chi connectivity index (χ2v) is 9.64. The van der Waals surface area contributed by atoms with Crippen molar-refractivity contribution in [2.75, 3.05) is 12.4 Å². The van der Waals surface area contributed by atoms with E-state index in [9.17, 15) is 4.79 Å². The number of rotatable bonds is 6. The number of hydrogen-bond acceptors (Lipinski definition) is 5. The molecule has 1 fully saturated rings. The first-order valence-electron chi connectivity index (χ1n) is 10.1. The van der Waals surface area contributed by atoms with Crippen LogP contribution >= 0.6 is 23.1 Å². The molecule has 0 saturated carbocycles. The minimum atomic E-state index is 0.148. The van der Waals surface area contributed by atoms with Crippen molar-refractivity contribution >= 4 is 33.3 Å². The highest BCUT2D eigenvalue weighted by molar-refractivity contribution is 7.99. The van der Waals surface area contributed by atoms with Crippen LogP contribution in [0, 0.1) is 0 Å². The van der Waals surface area contributed by atoms with Crippen LogP contribution in [-0.4, -0.2) is 28.0 Å². The summed E-state index contributed by atoms with van der Waals surface area (Å²) in [5.41, 5.74) is 2.66. The van der Waals surface area contributed by atoms with E-state index in [0.29, 0.717) is 6.54 Å². The molecule has 0 radical (unpaired) electrons. The van der Waals surface area contributed by atoms with Gasteiger partial charge in [0.25, 0.3) is 5.56 Å². The molecule has 4 nitrogen and oxygen atoms in total. The molecular formula is C22H24N2O2S2. The summed E-state index contributed by atoms with van der Waals surface area (Å²) < 4.78 is 7.69. The first-order valence-corrected chi connectivity index (χ1v) is 11.9. The summed E-state index contributed by atoms with van der Waals surface area (Å²) in [6, 6.07) is 10.4. The van der Waals surface area contributed by atoms with E-state index in [0.717, 1.165) is 66.3 Å².